The van der Waals surface area contributed by atoms with Gasteiger partial charge in [0.2, 0.25) is 0 Å². The van der Waals surface area contributed by atoms with Crippen LogP contribution >= 0.6 is 0 Å². The van der Waals surface area contributed by atoms with Gasteiger partial charge in [0, 0.05) is 25.1 Å². The smallest absolute Gasteiger partial charge is 0.251 e. The van der Waals surface area contributed by atoms with E-state index in [9.17, 15) is 4.79 Å². The van der Waals surface area contributed by atoms with E-state index in [0.717, 1.165) is 37.1 Å². The first kappa shape index (κ1) is 18.2. The maximum absolute atomic E-state index is 12.1. The number of benzene rings is 2. The second kappa shape index (κ2) is 8.65. The lowest BCUT2D eigenvalue weighted by molar-refractivity contribution is 0.0953. The molecule has 26 heavy (non-hydrogen) atoms. The summed E-state index contributed by atoms with van der Waals surface area (Å²) in [6.45, 7) is 6.14. The Bertz CT molecular complexity index is 852. The molecule has 3 rings (SSSR count). The van der Waals surface area contributed by atoms with Crippen LogP contribution in [-0.2, 0) is 13.0 Å². The molecule has 0 aliphatic heterocycles. The van der Waals surface area contributed by atoms with Crippen LogP contribution in [0.2, 0.25) is 0 Å². The normalized spacial score (nSPS) is 11.2. The first-order valence-corrected chi connectivity index (χ1v) is 9.42. The van der Waals surface area contributed by atoms with Crippen LogP contribution in [0.4, 0.5) is 0 Å². The first-order valence-electron chi connectivity index (χ1n) is 9.42. The number of amides is 1. The summed E-state index contributed by atoms with van der Waals surface area (Å²) in [5, 5.41) is 3.00. The quantitative estimate of drug-likeness (QED) is 0.611. The summed E-state index contributed by atoms with van der Waals surface area (Å²) in [6, 6.07) is 17.7. The van der Waals surface area contributed by atoms with Crippen LogP contribution in [0.15, 0.2) is 54.6 Å². The van der Waals surface area contributed by atoms with E-state index in [2.05, 4.69) is 41.9 Å². The topological polar surface area (TPSA) is 46.9 Å². The lowest BCUT2D eigenvalue weighted by Gasteiger charge is -2.11. The summed E-state index contributed by atoms with van der Waals surface area (Å²) in [7, 11) is 0. The highest BCUT2D eigenvalue weighted by molar-refractivity contribution is 5.94. The SMILES string of the molecule is CC(C)CCn1c(CCCNC(=O)c2ccccc2)nc2ccccc21. The van der Waals surface area contributed by atoms with E-state index in [1.165, 1.54) is 5.52 Å². The third kappa shape index (κ3) is 4.51. The summed E-state index contributed by atoms with van der Waals surface area (Å²) in [5.41, 5.74) is 2.97. The molecule has 0 atom stereocenters. The van der Waals surface area contributed by atoms with Gasteiger partial charge in [0.25, 0.3) is 5.91 Å². The molecule has 4 nitrogen and oxygen atoms in total. The average molecular weight is 349 g/mol. The number of nitrogens with one attached hydrogen (secondary N) is 1. The van der Waals surface area contributed by atoms with Crippen LogP contribution in [0.25, 0.3) is 11.0 Å². The van der Waals surface area contributed by atoms with E-state index < -0.39 is 0 Å². The molecule has 0 saturated heterocycles. The van der Waals surface area contributed by atoms with Crippen molar-refractivity contribution in [3.8, 4) is 0 Å². The fourth-order valence-corrected chi connectivity index (χ4v) is 3.09. The lowest BCUT2D eigenvalue weighted by atomic mass is 10.1. The monoisotopic (exact) mass is 349 g/mol. The average Bonchev–Trinajstić information content (AvgIpc) is 3.01. The van der Waals surface area contributed by atoms with Gasteiger partial charge in [0.1, 0.15) is 5.82 Å². The van der Waals surface area contributed by atoms with E-state index in [1.54, 1.807) is 0 Å². The zero-order chi connectivity index (χ0) is 18.4. The van der Waals surface area contributed by atoms with Gasteiger partial charge in [-0.15, -0.1) is 0 Å². The molecule has 1 heterocycles. The molecule has 0 saturated carbocycles. The molecule has 0 unspecified atom stereocenters. The Balaban J connectivity index is 1.61. The molecular formula is C22H27N3O. The van der Waals surface area contributed by atoms with Crippen LogP contribution in [0, 0.1) is 5.92 Å². The molecule has 3 aromatic rings. The minimum atomic E-state index is -0.0149. The zero-order valence-electron chi connectivity index (χ0n) is 15.6. The highest BCUT2D eigenvalue weighted by atomic mass is 16.1. The fourth-order valence-electron chi connectivity index (χ4n) is 3.09. The number of carbonyl (C=O) groups is 1. The summed E-state index contributed by atoms with van der Waals surface area (Å²) in [4.78, 5) is 16.9. The van der Waals surface area contributed by atoms with E-state index in [1.807, 2.05) is 36.4 Å². The van der Waals surface area contributed by atoms with Crippen LogP contribution < -0.4 is 5.32 Å². The molecule has 0 aliphatic rings. The number of nitrogens with zero attached hydrogens (tertiary/aromatic N) is 2. The molecule has 0 radical (unpaired) electrons. The van der Waals surface area contributed by atoms with Crippen molar-refractivity contribution >= 4 is 16.9 Å². The Morgan fingerprint density at radius 2 is 1.81 bits per heavy atom. The van der Waals surface area contributed by atoms with Gasteiger partial charge < -0.3 is 9.88 Å². The van der Waals surface area contributed by atoms with Crippen molar-refractivity contribution in [1.82, 2.24) is 14.9 Å². The Hall–Kier alpha value is -2.62. The largest absolute Gasteiger partial charge is 0.352 e. The third-order valence-electron chi connectivity index (χ3n) is 4.56. The second-order valence-electron chi connectivity index (χ2n) is 7.08. The van der Waals surface area contributed by atoms with Gasteiger partial charge in [-0.1, -0.05) is 44.2 Å². The highest BCUT2D eigenvalue weighted by Gasteiger charge is 2.11. The molecule has 4 heteroatoms. The van der Waals surface area contributed by atoms with Gasteiger partial charge in [0.05, 0.1) is 11.0 Å². The number of imidazole rings is 1. The Morgan fingerprint density at radius 3 is 2.58 bits per heavy atom. The van der Waals surface area contributed by atoms with E-state index in [4.69, 9.17) is 4.98 Å². The molecule has 0 fully saturated rings. The van der Waals surface area contributed by atoms with Gasteiger partial charge in [-0.3, -0.25) is 4.79 Å². The van der Waals surface area contributed by atoms with Crippen LogP contribution in [0.1, 0.15) is 42.9 Å². The van der Waals surface area contributed by atoms with Gasteiger partial charge in [0.15, 0.2) is 0 Å². The summed E-state index contributed by atoms with van der Waals surface area (Å²) >= 11 is 0. The van der Waals surface area contributed by atoms with Gasteiger partial charge >= 0.3 is 0 Å². The maximum atomic E-state index is 12.1. The Kier molecular flexibility index (Phi) is 6.05. The van der Waals surface area contributed by atoms with Crippen molar-refractivity contribution in [3.63, 3.8) is 0 Å². The standard InChI is InChI=1S/C22H27N3O/c1-17(2)14-16-25-20-12-7-6-11-19(20)24-21(25)13-8-15-23-22(26)18-9-4-3-5-10-18/h3-7,9-12,17H,8,13-16H2,1-2H3,(H,23,26). The number of fused-ring (bicyclic) bond motifs is 1. The fraction of sp³-hybridized carbons (Fsp3) is 0.364. The van der Waals surface area contributed by atoms with Crippen molar-refractivity contribution in [3.05, 3.63) is 66.0 Å². The number of carbonyl (C=O) groups excluding carboxylic acids is 1. The predicted octanol–water partition coefficient (Wildman–Crippen LogP) is 4.45. The number of rotatable bonds is 8. The number of hydrogen-bond donors (Lipinski definition) is 1. The van der Waals surface area contributed by atoms with Crippen molar-refractivity contribution in [2.45, 2.75) is 39.7 Å². The number of aromatic nitrogens is 2. The minimum absolute atomic E-state index is 0.0149. The molecule has 2 aromatic carbocycles. The molecular weight excluding hydrogens is 322 g/mol. The van der Waals surface area contributed by atoms with Crippen LogP contribution in [0.5, 0.6) is 0 Å². The Labute approximate surface area is 155 Å². The summed E-state index contributed by atoms with van der Waals surface area (Å²) < 4.78 is 2.34. The Morgan fingerprint density at radius 1 is 1.08 bits per heavy atom. The number of para-hydroxylation sites is 2. The van der Waals surface area contributed by atoms with Gasteiger partial charge in [-0.25, -0.2) is 4.98 Å². The van der Waals surface area contributed by atoms with E-state index in [0.29, 0.717) is 18.0 Å². The summed E-state index contributed by atoms with van der Waals surface area (Å²) in [5.74, 6) is 1.76. The second-order valence-corrected chi connectivity index (χ2v) is 7.08. The summed E-state index contributed by atoms with van der Waals surface area (Å²) in [6.07, 6.45) is 2.88. The van der Waals surface area contributed by atoms with E-state index in [-0.39, 0.29) is 5.91 Å². The van der Waals surface area contributed by atoms with Crippen molar-refractivity contribution in [2.24, 2.45) is 5.92 Å². The molecule has 0 spiro atoms. The molecule has 0 aliphatic carbocycles. The van der Waals surface area contributed by atoms with Crippen LogP contribution in [-0.4, -0.2) is 22.0 Å². The van der Waals surface area contributed by atoms with Gasteiger partial charge in [-0.2, -0.15) is 0 Å². The molecule has 1 N–H and O–H groups in total. The minimum Gasteiger partial charge on any atom is -0.352 e. The molecule has 0 bridgehead atoms. The van der Waals surface area contributed by atoms with Crippen molar-refractivity contribution in [1.29, 1.82) is 0 Å². The molecule has 136 valence electrons. The van der Waals surface area contributed by atoms with Gasteiger partial charge in [-0.05, 0) is 43.0 Å². The number of hydrogen-bond acceptors (Lipinski definition) is 2. The third-order valence-corrected chi connectivity index (χ3v) is 4.56. The predicted molar refractivity (Wildman–Crippen MR) is 106 cm³/mol. The maximum Gasteiger partial charge on any atom is 0.251 e. The number of aryl methyl sites for hydroxylation is 2. The molecule has 1 amide bonds. The van der Waals surface area contributed by atoms with Crippen LogP contribution in [0.3, 0.4) is 0 Å². The lowest BCUT2D eigenvalue weighted by Crippen LogP contribution is -2.24. The highest BCUT2D eigenvalue weighted by Crippen LogP contribution is 2.18. The first-order chi connectivity index (χ1) is 12.6. The molecule has 1 aromatic heterocycles. The van der Waals surface area contributed by atoms with E-state index >= 15 is 0 Å². The zero-order valence-corrected chi connectivity index (χ0v) is 15.6. The van der Waals surface area contributed by atoms with Crippen molar-refractivity contribution in [2.75, 3.05) is 6.54 Å². The van der Waals surface area contributed by atoms with Crippen molar-refractivity contribution < 1.29 is 4.79 Å².